The van der Waals surface area contributed by atoms with Gasteiger partial charge in [-0.2, -0.15) is 0 Å². The van der Waals surface area contributed by atoms with Crippen molar-refractivity contribution in [1.29, 1.82) is 0 Å². The molecule has 0 aromatic carbocycles. The summed E-state index contributed by atoms with van der Waals surface area (Å²) < 4.78 is 5.64. The maximum Gasteiger partial charge on any atom is 0.303 e. The number of hydrogen-bond donors (Lipinski definition) is 1. The van der Waals surface area contributed by atoms with Gasteiger partial charge in [-0.3, -0.25) is 9.59 Å². The molecule has 1 aliphatic rings. The highest BCUT2D eigenvalue weighted by Gasteiger charge is 2.27. The molecule has 1 aliphatic heterocycles. The van der Waals surface area contributed by atoms with Crippen LogP contribution in [-0.4, -0.2) is 51.5 Å². The van der Waals surface area contributed by atoms with Gasteiger partial charge in [0.25, 0.3) is 0 Å². The van der Waals surface area contributed by atoms with Crippen molar-refractivity contribution in [2.45, 2.75) is 32.8 Å². The van der Waals surface area contributed by atoms with E-state index in [9.17, 15) is 9.59 Å². The van der Waals surface area contributed by atoms with Crippen molar-refractivity contribution in [3.05, 3.63) is 23.3 Å². The fourth-order valence-electron chi connectivity index (χ4n) is 2.30. The average Bonchev–Trinajstić information content (AvgIpc) is 2.44. The van der Waals surface area contributed by atoms with E-state index in [-0.39, 0.29) is 24.9 Å². The molecular weight excluding hydrogens is 274 g/mol. The van der Waals surface area contributed by atoms with E-state index in [1.54, 1.807) is 4.90 Å². The van der Waals surface area contributed by atoms with Gasteiger partial charge in [-0.1, -0.05) is 0 Å². The molecule has 2 heterocycles. The second-order valence-corrected chi connectivity index (χ2v) is 5.10. The van der Waals surface area contributed by atoms with Gasteiger partial charge in [0.1, 0.15) is 6.10 Å². The van der Waals surface area contributed by atoms with Gasteiger partial charge in [-0.05, 0) is 19.9 Å². The zero-order valence-corrected chi connectivity index (χ0v) is 12.2. The number of aryl methyl sites for hydroxylation is 2. The Bertz CT molecular complexity index is 527. The number of carbonyl (C=O) groups is 2. The lowest BCUT2D eigenvalue weighted by atomic mass is 10.2. The highest BCUT2D eigenvalue weighted by molar-refractivity contribution is 5.80. The van der Waals surface area contributed by atoms with Crippen LogP contribution in [0.1, 0.15) is 36.2 Å². The van der Waals surface area contributed by atoms with Crippen LogP contribution in [0.4, 0.5) is 0 Å². The number of hydrogen-bond acceptors (Lipinski definition) is 5. The molecule has 1 aromatic rings. The first-order chi connectivity index (χ1) is 9.95. The Balaban J connectivity index is 2.03. The van der Waals surface area contributed by atoms with Crippen molar-refractivity contribution in [3.8, 4) is 0 Å². The van der Waals surface area contributed by atoms with Crippen LogP contribution in [0.3, 0.4) is 0 Å². The van der Waals surface area contributed by atoms with Crippen molar-refractivity contribution in [2.24, 2.45) is 0 Å². The van der Waals surface area contributed by atoms with E-state index in [2.05, 4.69) is 9.97 Å². The second-order valence-electron chi connectivity index (χ2n) is 5.10. The Kier molecular flexibility index (Phi) is 4.85. The van der Waals surface area contributed by atoms with Gasteiger partial charge in [0.05, 0.1) is 19.6 Å². The van der Waals surface area contributed by atoms with Gasteiger partial charge in [0.15, 0.2) is 5.82 Å². The third-order valence-corrected chi connectivity index (χ3v) is 3.26. The molecule has 0 saturated carbocycles. The molecule has 0 radical (unpaired) electrons. The Morgan fingerprint density at radius 2 is 2.00 bits per heavy atom. The molecule has 1 saturated heterocycles. The lowest BCUT2D eigenvalue weighted by Gasteiger charge is -2.32. The molecule has 2 rings (SSSR count). The van der Waals surface area contributed by atoms with Crippen LogP contribution >= 0.6 is 0 Å². The van der Waals surface area contributed by atoms with E-state index in [4.69, 9.17) is 9.84 Å². The van der Waals surface area contributed by atoms with Crippen molar-refractivity contribution >= 4 is 11.9 Å². The number of rotatable bonds is 4. The number of carbonyl (C=O) groups excluding carboxylic acids is 1. The molecule has 1 fully saturated rings. The SMILES string of the molecule is Cc1cc(C)nc(C2CN(C(=O)CCC(=O)O)CCO2)n1. The van der Waals surface area contributed by atoms with Crippen molar-refractivity contribution in [1.82, 2.24) is 14.9 Å². The van der Waals surface area contributed by atoms with Gasteiger partial charge in [0.2, 0.25) is 5.91 Å². The molecule has 1 unspecified atom stereocenters. The molecule has 0 spiro atoms. The summed E-state index contributed by atoms with van der Waals surface area (Å²) in [5.74, 6) is -0.566. The highest BCUT2D eigenvalue weighted by atomic mass is 16.5. The van der Waals surface area contributed by atoms with Crippen LogP contribution in [0, 0.1) is 13.8 Å². The number of morpholine rings is 1. The molecule has 7 heteroatoms. The zero-order valence-electron chi connectivity index (χ0n) is 12.2. The van der Waals surface area contributed by atoms with Gasteiger partial charge in [-0.15, -0.1) is 0 Å². The Hall–Kier alpha value is -2.02. The molecule has 21 heavy (non-hydrogen) atoms. The van der Waals surface area contributed by atoms with E-state index in [1.807, 2.05) is 19.9 Å². The van der Waals surface area contributed by atoms with Crippen LogP contribution in [0.15, 0.2) is 6.07 Å². The summed E-state index contributed by atoms with van der Waals surface area (Å²) in [6.45, 7) is 5.01. The van der Waals surface area contributed by atoms with Gasteiger partial charge < -0.3 is 14.7 Å². The summed E-state index contributed by atoms with van der Waals surface area (Å²) in [6, 6.07) is 1.88. The van der Waals surface area contributed by atoms with Crippen LogP contribution in [-0.2, 0) is 14.3 Å². The Labute approximate surface area is 123 Å². The summed E-state index contributed by atoms with van der Waals surface area (Å²) in [5.41, 5.74) is 1.71. The molecule has 1 aromatic heterocycles. The zero-order chi connectivity index (χ0) is 15.4. The second kappa shape index (κ2) is 6.62. The summed E-state index contributed by atoms with van der Waals surface area (Å²) in [6.07, 6.45) is -0.498. The predicted molar refractivity (Wildman–Crippen MR) is 73.6 cm³/mol. The normalized spacial score (nSPS) is 18.6. The van der Waals surface area contributed by atoms with Gasteiger partial charge >= 0.3 is 5.97 Å². The number of nitrogens with zero attached hydrogens (tertiary/aromatic N) is 3. The maximum absolute atomic E-state index is 12.0. The molecule has 0 bridgehead atoms. The fraction of sp³-hybridized carbons (Fsp3) is 0.571. The minimum absolute atomic E-state index is 0.00968. The lowest BCUT2D eigenvalue weighted by Crippen LogP contribution is -2.42. The first-order valence-electron chi connectivity index (χ1n) is 6.89. The van der Waals surface area contributed by atoms with E-state index >= 15 is 0 Å². The third kappa shape index (κ3) is 4.22. The standard InChI is InChI=1S/C14H19N3O4/c1-9-7-10(2)16-14(15-9)11-8-17(5-6-21-11)12(18)3-4-13(19)20/h7,11H,3-6,8H2,1-2H3,(H,19,20). The fourth-order valence-corrected chi connectivity index (χ4v) is 2.30. The van der Waals surface area contributed by atoms with E-state index < -0.39 is 5.97 Å². The predicted octanol–water partition coefficient (Wildman–Crippen LogP) is 0.858. The number of ether oxygens (including phenoxy) is 1. The summed E-state index contributed by atoms with van der Waals surface area (Å²) >= 11 is 0. The Morgan fingerprint density at radius 3 is 2.62 bits per heavy atom. The van der Waals surface area contributed by atoms with Gasteiger partial charge in [0, 0.05) is 24.4 Å². The Morgan fingerprint density at radius 1 is 1.33 bits per heavy atom. The first-order valence-corrected chi connectivity index (χ1v) is 6.89. The van der Waals surface area contributed by atoms with Crippen LogP contribution in [0.2, 0.25) is 0 Å². The number of amides is 1. The minimum Gasteiger partial charge on any atom is -0.481 e. The minimum atomic E-state index is -0.967. The van der Waals surface area contributed by atoms with Crippen LogP contribution < -0.4 is 0 Å². The van der Waals surface area contributed by atoms with Gasteiger partial charge in [-0.25, -0.2) is 9.97 Å². The summed E-state index contributed by atoms with van der Waals surface area (Å²) in [4.78, 5) is 32.8. The third-order valence-electron chi connectivity index (χ3n) is 3.26. The largest absolute Gasteiger partial charge is 0.481 e. The molecule has 7 nitrogen and oxygen atoms in total. The van der Waals surface area contributed by atoms with Crippen molar-refractivity contribution < 1.29 is 19.4 Å². The number of carboxylic acids is 1. The molecule has 1 amide bonds. The molecule has 0 aliphatic carbocycles. The average molecular weight is 293 g/mol. The van der Waals surface area contributed by atoms with Crippen LogP contribution in [0.25, 0.3) is 0 Å². The quantitative estimate of drug-likeness (QED) is 0.885. The number of carboxylic acid groups (broad SMARTS) is 1. The van der Waals surface area contributed by atoms with Crippen molar-refractivity contribution in [2.75, 3.05) is 19.7 Å². The smallest absolute Gasteiger partial charge is 0.303 e. The number of aliphatic carboxylic acids is 1. The molecule has 1 N–H and O–H groups in total. The monoisotopic (exact) mass is 293 g/mol. The first kappa shape index (κ1) is 15.4. The summed E-state index contributed by atoms with van der Waals surface area (Å²) in [5, 5.41) is 8.64. The molecule has 1 atom stereocenters. The number of aromatic nitrogens is 2. The summed E-state index contributed by atoms with van der Waals surface area (Å²) in [7, 11) is 0. The van der Waals surface area contributed by atoms with E-state index in [0.717, 1.165) is 11.4 Å². The maximum atomic E-state index is 12.0. The van der Waals surface area contributed by atoms with Crippen LogP contribution in [0.5, 0.6) is 0 Å². The van der Waals surface area contributed by atoms with E-state index in [1.165, 1.54) is 0 Å². The topological polar surface area (TPSA) is 92.6 Å². The molecule has 114 valence electrons. The molecular formula is C14H19N3O4. The highest BCUT2D eigenvalue weighted by Crippen LogP contribution is 2.20. The van der Waals surface area contributed by atoms with E-state index in [0.29, 0.717) is 25.5 Å². The lowest BCUT2D eigenvalue weighted by molar-refractivity contribution is -0.144. The van der Waals surface area contributed by atoms with Crippen molar-refractivity contribution in [3.63, 3.8) is 0 Å².